The second kappa shape index (κ2) is 4.37. The van der Waals surface area contributed by atoms with Gasteiger partial charge in [-0.2, -0.15) is 0 Å². The molecule has 1 aromatic heterocycles. The summed E-state index contributed by atoms with van der Waals surface area (Å²) in [6, 6.07) is 0. The molecular weight excluding hydrogens is 202 g/mol. The average molecular weight is 221 g/mol. The number of piperidine rings is 1. The van der Waals surface area contributed by atoms with E-state index in [-0.39, 0.29) is 0 Å². The van der Waals surface area contributed by atoms with Gasteiger partial charge in [-0.3, -0.25) is 0 Å². The molecule has 0 amide bonds. The second-order valence-electron chi connectivity index (χ2n) is 4.87. The maximum Gasteiger partial charge on any atom is 0.138 e. The van der Waals surface area contributed by atoms with Crippen molar-refractivity contribution >= 4 is 5.82 Å². The molecule has 4 heteroatoms. The lowest BCUT2D eigenvalue weighted by Gasteiger charge is -2.31. The normalized spacial score (nSPS) is 17.6. The van der Waals surface area contributed by atoms with Crippen LogP contribution < -0.4 is 4.90 Å². The third-order valence-electron chi connectivity index (χ3n) is 3.01. The Morgan fingerprint density at radius 3 is 2.56 bits per heavy atom. The monoisotopic (exact) mass is 221 g/mol. The number of nitrogens with zero attached hydrogens (tertiary/aromatic N) is 3. The van der Waals surface area contributed by atoms with Crippen LogP contribution in [0.2, 0.25) is 0 Å². The van der Waals surface area contributed by atoms with Crippen LogP contribution in [-0.4, -0.2) is 28.2 Å². The Morgan fingerprint density at radius 1 is 1.25 bits per heavy atom. The van der Waals surface area contributed by atoms with Gasteiger partial charge in [-0.1, -0.05) is 0 Å². The van der Waals surface area contributed by atoms with Crippen LogP contribution in [0.4, 0.5) is 5.82 Å². The van der Waals surface area contributed by atoms with Crippen LogP contribution in [0.15, 0.2) is 12.5 Å². The number of aromatic nitrogens is 2. The summed E-state index contributed by atoms with van der Waals surface area (Å²) in [5, 5.41) is 10.1. The Morgan fingerprint density at radius 2 is 1.94 bits per heavy atom. The van der Waals surface area contributed by atoms with E-state index in [4.69, 9.17) is 0 Å². The highest BCUT2D eigenvalue weighted by Crippen LogP contribution is 2.29. The molecule has 0 unspecified atom stereocenters. The first-order chi connectivity index (χ1) is 7.59. The molecule has 1 fully saturated rings. The van der Waals surface area contributed by atoms with Gasteiger partial charge < -0.3 is 10.0 Å². The second-order valence-corrected chi connectivity index (χ2v) is 4.87. The first-order valence-corrected chi connectivity index (χ1v) is 5.87. The van der Waals surface area contributed by atoms with E-state index in [1.165, 1.54) is 19.3 Å². The van der Waals surface area contributed by atoms with Gasteiger partial charge in [-0.15, -0.1) is 0 Å². The maximum atomic E-state index is 10.1. The summed E-state index contributed by atoms with van der Waals surface area (Å²) in [5.74, 6) is 0.891. The highest BCUT2D eigenvalue weighted by atomic mass is 16.3. The molecular formula is C12H19N3O. The van der Waals surface area contributed by atoms with Crippen LogP contribution in [0.5, 0.6) is 0 Å². The van der Waals surface area contributed by atoms with Crippen molar-refractivity contribution in [3.8, 4) is 0 Å². The molecule has 0 aromatic carbocycles. The van der Waals surface area contributed by atoms with Crippen molar-refractivity contribution < 1.29 is 5.11 Å². The predicted octanol–water partition coefficient (Wildman–Crippen LogP) is 1.69. The summed E-state index contributed by atoms with van der Waals surface area (Å²) in [4.78, 5) is 10.6. The van der Waals surface area contributed by atoms with Gasteiger partial charge in [0.05, 0.1) is 5.60 Å². The molecule has 2 heterocycles. The molecule has 0 aliphatic carbocycles. The van der Waals surface area contributed by atoms with E-state index < -0.39 is 5.60 Å². The third-order valence-corrected chi connectivity index (χ3v) is 3.01. The Kier molecular flexibility index (Phi) is 3.10. The van der Waals surface area contributed by atoms with E-state index >= 15 is 0 Å². The molecule has 2 rings (SSSR count). The van der Waals surface area contributed by atoms with Gasteiger partial charge in [0.2, 0.25) is 0 Å². The average Bonchev–Trinajstić information content (AvgIpc) is 2.29. The molecule has 0 spiro atoms. The summed E-state index contributed by atoms with van der Waals surface area (Å²) in [7, 11) is 0. The van der Waals surface area contributed by atoms with Crippen LogP contribution >= 0.6 is 0 Å². The fourth-order valence-corrected chi connectivity index (χ4v) is 2.11. The quantitative estimate of drug-likeness (QED) is 0.825. The fraction of sp³-hybridized carbons (Fsp3) is 0.667. The summed E-state index contributed by atoms with van der Waals surface area (Å²) in [5.41, 5.74) is -0.0643. The highest BCUT2D eigenvalue weighted by molar-refractivity contribution is 5.48. The zero-order chi connectivity index (χ0) is 11.6. The molecule has 0 atom stereocenters. The van der Waals surface area contributed by atoms with Crippen molar-refractivity contribution in [1.82, 2.24) is 9.97 Å². The molecule has 4 nitrogen and oxygen atoms in total. The SMILES string of the molecule is CC(C)(O)c1cncnc1N1CCCCC1. The van der Waals surface area contributed by atoms with E-state index in [2.05, 4.69) is 14.9 Å². The third kappa shape index (κ3) is 2.32. The molecule has 1 aliphatic heterocycles. The van der Waals surface area contributed by atoms with Gasteiger partial charge in [-0.05, 0) is 33.1 Å². The van der Waals surface area contributed by atoms with Gasteiger partial charge in [0.15, 0.2) is 0 Å². The summed E-state index contributed by atoms with van der Waals surface area (Å²) >= 11 is 0. The largest absolute Gasteiger partial charge is 0.386 e. The molecule has 1 saturated heterocycles. The van der Waals surface area contributed by atoms with E-state index in [0.29, 0.717) is 0 Å². The van der Waals surface area contributed by atoms with Crippen molar-refractivity contribution in [2.45, 2.75) is 38.7 Å². The Labute approximate surface area is 96.3 Å². The molecule has 1 aliphatic rings. The number of rotatable bonds is 2. The van der Waals surface area contributed by atoms with Gasteiger partial charge in [-0.25, -0.2) is 9.97 Å². The smallest absolute Gasteiger partial charge is 0.138 e. The van der Waals surface area contributed by atoms with Gasteiger partial charge in [0, 0.05) is 24.8 Å². The Hall–Kier alpha value is -1.16. The molecule has 88 valence electrons. The lowest BCUT2D eigenvalue weighted by atomic mass is 9.99. The van der Waals surface area contributed by atoms with E-state index in [1.54, 1.807) is 26.4 Å². The molecule has 16 heavy (non-hydrogen) atoms. The number of aliphatic hydroxyl groups is 1. The molecule has 1 N–H and O–H groups in total. The standard InChI is InChI=1S/C12H19N3O/c1-12(2,16)10-8-13-9-14-11(10)15-6-4-3-5-7-15/h8-9,16H,3-7H2,1-2H3. The summed E-state index contributed by atoms with van der Waals surface area (Å²) < 4.78 is 0. The highest BCUT2D eigenvalue weighted by Gasteiger charge is 2.25. The first kappa shape index (κ1) is 11.3. The zero-order valence-electron chi connectivity index (χ0n) is 9.98. The number of anilines is 1. The molecule has 1 aromatic rings. The van der Waals surface area contributed by atoms with Gasteiger partial charge >= 0.3 is 0 Å². The minimum absolute atomic E-state index is 0.817. The predicted molar refractivity (Wildman–Crippen MR) is 63.3 cm³/mol. The van der Waals surface area contributed by atoms with Crippen LogP contribution in [-0.2, 0) is 5.60 Å². The number of hydrogen-bond acceptors (Lipinski definition) is 4. The van der Waals surface area contributed by atoms with E-state index in [0.717, 1.165) is 24.5 Å². The van der Waals surface area contributed by atoms with Crippen LogP contribution in [0.1, 0.15) is 38.7 Å². The lowest BCUT2D eigenvalue weighted by molar-refractivity contribution is 0.0782. The topological polar surface area (TPSA) is 49.3 Å². The molecule has 0 radical (unpaired) electrons. The minimum atomic E-state index is -0.881. The van der Waals surface area contributed by atoms with Crippen LogP contribution in [0.3, 0.4) is 0 Å². The minimum Gasteiger partial charge on any atom is -0.386 e. The van der Waals surface area contributed by atoms with Crippen molar-refractivity contribution in [2.75, 3.05) is 18.0 Å². The van der Waals surface area contributed by atoms with Crippen molar-refractivity contribution in [3.05, 3.63) is 18.1 Å². The Balaban J connectivity index is 2.32. The van der Waals surface area contributed by atoms with Gasteiger partial charge in [0.1, 0.15) is 12.1 Å². The van der Waals surface area contributed by atoms with E-state index in [1.807, 2.05) is 0 Å². The van der Waals surface area contributed by atoms with E-state index in [9.17, 15) is 5.11 Å². The number of hydrogen-bond donors (Lipinski definition) is 1. The first-order valence-electron chi connectivity index (χ1n) is 5.87. The molecule has 0 bridgehead atoms. The summed E-state index contributed by atoms with van der Waals surface area (Å²) in [6.07, 6.45) is 6.97. The lowest BCUT2D eigenvalue weighted by Crippen LogP contribution is -2.33. The van der Waals surface area contributed by atoms with Crippen molar-refractivity contribution in [2.24, 2.45) is 0 Å². The van der Waals surface area contributed by atoms with Crippen LogP contribution in [0, 0.1) is 0 Å². The Bertz CT molecular complexity index is 354. The van der Waals surface area contributed by atoms with Crippen LogP contribution in [0.25, 0.3) is 0 Å². The van der Waals surface area contributed by atoms with Gasteiger partial charge in [0.25, 0.3) is 0 Å². The zero-order valence-corrected chi connectivity index (χ0v) is 9.98. The van der Waals surface area contributed by atoms with Crippen molar-refractivity contribution in [1.29, 1.82) is 0 Å². The van der Waals surface area contributed by atoms with Crippen molar-refractivity contribution in [3.63, 3.8) is 0 Å². The maximum absolute atomic E-state index is 10.1. The molecule has 0 saturated carbocycles. The summed E-state index contributed by atoms with van der Waals surface area (Å²) in [6.45, 7) is 5.61. The fourth-order valence-electron chi connectivity index (χ4n) is 2.11.